The number of benzene rings is 1. The van der Waals surface area contributed by atoms with Crippen molar-refractivity contribution in [3.63, 3.8) is 0 Å². The average molecular weight is 453 g/mol. The first kappa shape index (κ1) is 21.8. The molecule has 1 aliphatic carbocycles. The fourth-order valence-electron chi connectivity index (χ4n) is 4.75. The Morgan fingerprint density at radius 2 is 1.85 bits per heavy atom. The van der Waals surface area contributed by atoms with Gasteiger partial charge < -0.3 is 19.7 Å². The van der Waals surface area contributed by atoms with Crippen LogP contribution in [-0.2, 0) is 11.2 Å². The van der Waals surface area contributed by atoms with Crippen LogP contribution in [0, 0.1) is 11.7 Å². The van der Waals surface area contributed by atoms with Crippen LogP contribution in [0.4, 0.5) is 15.9 Å². The molecule has 1 aromatic carbocycles. The number of anilines is 2. The molecule has 1 aliphatic heterocycles. The highest BCUT2D eigenvalue weighted by molar-refractivity contribution is 5.85. The summed E-state index contributed by atoms with van der Waals surface area (Å²) in [5, 5.41) is 2.78. The van der Waals surface area contributed by atoms with Gasteiger partial charge in [-0.3, -0.25) is 4.98 Å². The summed E-state index contributed by atoms with van der Waals surface area (Å²) in [7, 11) is 1.67. The Hall–Kier alpha value is -3.07. The number of aromatic nitrogens is 4. The Labute approximate surface area is 192 Å². The lowest BCUT2D eigenvalue weighted by atomic mass is 9.84. The molecule has 2 aromatic heterocycles. The lowest BCUT2D eigenvalue weighted by Gasteiger charge is -2.31. The van der Waals surface area contributed by atoms with Crippen molar-refractivity contribution >= 4 is 22.5 Å². The zero-order valence-corrected chi connectivity index (χ0v) is 18.8. The standard InChI is InChI=1S/C24H29FN6O2/c1-26-24-22(25)19(29-15-30-24)12-16-2-4-18(5-3-16)33-21-14-17(31-8-10-32-11-9-31)13-20-23(21)28-7-6-27-20/h6-7,13-16,18H,2-5,8-12H2,1H3,(H,26,29,30). The number of rotatable bonds is 6. The van der Waals surface area contributed by atoms with Gasteiger partial charge in [0, 0.05) is 44.3 Å². The van der Waals surface area contributed by atoms with Crippen LogP contribution in [-0.4, -0.2) is 59.4 Å². The normalized spacial score (nSPS) is 21.2. The highest BCUT2D eigenvalue weighted by atomic mass is 19.1. The molecule has 0 amide bonds. The van der Waals surface area contributed by atoms with E-state index in [-0.39, 0.29) is 17.7 Å². The predicted octanol–water partition coefficient (Wildman–Crippen LogP) is 3.62. The highest BCUT2D eigenvalue weighted by Gasteiger charge is 2.26. The van der Waals surface area contributed by atoms with Crippen LogP contribution in [0.3, 0.4) is 0 Å². The van der Waals surface area contributed by atoms with E-state index in [0.29, 0.717) is 18.0 Å². The molecule has 33 heavy (non-hydrogen) atoms. The minimum atomic E-state index is -0.344. The Kier molecular flexibility index (Phi) is 6.48. The van der Waals surface area contributed by atoms with E-state index < -0.39 is 0 Å². The van der Waals surface area contributed by atoms with Crippen LogP contribution in [0.2, 0.25) is 0 Å². The second-order valence-electron chi connectivity index (χ2n) is 8.67. The zero-order chi connectivity index (χ0) is 22.6. The van der Waals surface area contributed by atoms with Gasteiger partial charge in [0.15, 0.2) is 11.6 Å². The van der Waals surface area contributed by atoms with Crippen LogP contribution < -0.4 is 15.0 Å². The number of hydrogen-bond donors (Lipinski definition) is 1. The monoisotopic (exact) mass is 452 g/mol. The maximum atomic E-state index is 14.5. The molecule has 3 heterocycles. The second kappa shape index (κ2) is 9.82. The molecule has 0 atom stereocenters. The Morgan fingerprint density at radius 1 is 1.06 bits per heavy atom. The summed E-state index contributed by atoms with van der Waals surface area (Å²) in [6.07, 6.45) is 9.34. The third-order valence-corrected chi connectivity index (χ3v) is 6.57. The van der Waals surface area contributed by atoms with Crippen molar-refractivity contribution in [1.29, 1.82) is 0 Å². The summed E-state index contributed by atoms with van der Waals surface area (Å²) >= 11 is 0. The Balaban J connectivity index is 1.27. The summed E-state index contributed by atoms with van der Waals surface area (Å²) in [6, 6.07) is 4.16. The molecular weight excluding hydrogens is 423 g/mol. The van der Waals surface area contributed by atoms with Crippen LogP contribution in [0.5, 0.6) is 5.75 Å². The van der Waals surface area contributed by atoms with E-state index >= 15 is 0 Å². The Bertz CT molecular complexity index is 1100. The van der Waals surface area contributed by atoms with Crippen molar-refractivity contribution < 1.29 is 13.9 Å². The van der Waals surface area contributed by atoms with Crippen LogP contribution in [0.25, 0.3) is 11.0 Å². The van der Waals surface area contributed by atoms with Gasteiger partial charge in [-0.1, -0.05) is 0 Å². The summed E-state index contributed by atoms with van der Waals surface area (Å²) in [4.78, 5) is 19.5. The number of halogens is 1. The molecule has 0 spiro atoms. The second-order valence-corrected chi connectivity index (χ2v) is 8.67. The molecule has 3 aromatic rings. The van der Waals surface area contributed by atoms with Gasteiger partial charge in [-0.2, -0.15) is 0 Å². The molecule has 1 N–H and O–H groups in total. The molecule has 2 fully saturated rings. The molecule has 0 radical (unpaired) electrons. The number of nitrogens with zero attached hydrogens (tertiary/aromatic N) is 5. The molecule has 0 unspecified atom stereocenters. The molecule has 9 heteroatoms. The van der Waals surface area contributed by atoms with Crippen molar-refractivity contribution in [2.75, 3.05) is 43.6 Å². The number of ether oxygens (including phenoxy) is 2. The van der Waals surface area contributed by atoms with Crippen molar-refractivity contribution in [1.82, 2.24) is 19.9 Å². The van der Waals surface area contributed by atoms with Gasteiger partial charge in [0.1, 0.15) is 17.6 Å². The van der Waals surface area contributed by atoms with Gasteiger partial charge in [-0.05, 0) is 44.1 Å². The fraction of sp³-hybridized carbons (Fsp3) is 0.500. The maximum absolute atomic E-state index is 14.5. The molecule has 1 saturated carbocycles. The third-order valence-electron chi connectivity index (χ3n) is 6.57. The lowest BCUT2D eigenvalue weighted by Crippen LogP contribution is -2.36. The van der Waals surface area contributed by atoms with Crippen molar-refractivity contribution in [2.45, 2.75) is 38.2 Å². The van der Waals surface area contributed by atoms with E-state index in [9.17, 15) is 4.39 Å². The van der Waals surface area contributed by atoms with E-state index in [4.69, 9.17) is 9.47 Å². The average Bonchev–Trinajstić information content (AvgIpc) is 2.87. The van der Waals surface area contributed by atoms with E-state index in [2.05, 4.69) is 42.3 Å². The summed E-state index contributed by atoms with van der Waals surface area (Å²) in [6.45, 7) is 3.15. The van der Waals surface area contributed by atoms with Crippen molar-refractivity contribution in [3.8, 4) is 5.75 Å². The van der Waals surface area contributed by atoms with E-state index in [1.54, 1.807) is 19.4 Å². The molecule has 0 bridgehead atoms. The largest absolute Gasteiger partial charge is 0.488 e. The van der Waals surface area contributed by atoms with Gasteiger partial charge in [0.2, 0.25) is 0 Å². The van der Waals surface area contributed by atoms with Crippen LogP contribution >= 0.6 is 0 Å². The fourth-order valence-corrected chi connectivity index (χ4v) is 4.75. The summed E-state index contributed by atoms with van der Waals surface area (Å²) in [5.74, 6) is 1.08. The molecule has 174 valence electrons. The number of hydrogen-bond acceptors (Lipinski definition) is 8. The predicted molar refractivity (Wildman–Crippen MR) is 124 cm³/mol. The van der Waals surface area contributed by atoms with Gasteiger partial charge >= 0.3 is 0 Å². The van der Waals surface area contributed by atoms with Crippen LogP contribution in [0.1, 0.15) is 31.4 Å². The topological polar surface area (TPSA) is 85.3 Å². The number of fused-ring (bicyclic) bond motifs is 1. The van der Waals surface area contributed by atoms with Crippen molar-refractivity contribution in [2.24, 2.45) is 5.92 Å². The van der Waals surface area contributed by atoms with Gasteiger partial charge in [0.25, 0.3) is 0 Å². The van der Waals surface area contributed by atoms with Gasteiger partial charge in [-0.15, -0.1) is 0 Å². The van der Waals surface area contributed by atoms with Gasteiger partial charge in [0.05, 0.1) is 30.5 Å². The first-order valence-corrected chi connectivity index (χ1v) is 11.6. The quantitative estimate of drug-likeness (QED) is 0.607. The SMILES string of the molecule is CNc1ncnc(CC2CCC(Oc3cc(N4CCOCC4)cc4nccnc34)CC2)c1F. The van der Waals surface area contributed by atoms with Crippen LogP contribution in [0.15, 0.2) is 30.9 Å². The highest BCUT2D eigenvalue weighted by Crippen LogP contribution is 2.35. The molecule has 5 rings (SSSR count). The van der Waals surface area contributed by atoms with E-state index in [1.807, 2.05) is 0 Å². The molecule has 2 aliphatic rings. The third kappa shape index (κ3) is 4.83. The first-order valence-electron chi connectivity index (χ1n) is 11.6. The smallest absolute Gasteiger partial charge is 0.186 e. The van der Waals surface area contributed by atoms with E-state index in [1.165, 1.54) is 6.33 Å². The Morgan fingerprint density at radius 3 is 2.64 bits per heavy atom. The first-order chi connectivity index (χ1) is 16.2. The minimum Gasteiger partial charge on any atom is -0.488 e. The minimum absolute atomic E-state index is 0.106. The zero-order valence-electron chi connectivity index (χ0n) is 18.8. The summed E-state index contributed by atoms with van der Waals surface area (Å²) in [5.41, 5.74) is 3.21. The van der Waals surface area contributed by atoms with Gasteiger partial charge in [-0.25, -0.2) is 19.3 Å². The van der Waals surface area contributed by atoms with Crippen molar-refractivity contribution in [3.05, 3.63) is 42.4 Å². The molecule has 1 saturated heterocycles. The van der Waals surface area contributed by atoms with E-state index in [0.717, 1.165) is 74.5 Å². The number of nitrogens with one attached hydrogen (secondary N) is 1. The summed E-state index contributed by atoms with van der Waals surface area (Å²) < 4.78 is 26.5. The maximum Gasteiger partial charge on any atom is 0.186 e. The molecular formula is C24H29FN6O2. The molecule has 8 nitrogen and oxygen atoms in total. The number of morpholine rings is 1. The lowest BCUT2D eigenvalue weighted by molar-refractivity contribution is 0.122.